The van der Waals surface area contributed by atoms with Gasteiger partial charge in [0, 0.05) is 41.1 Å². The fraction of sp³-hybridized carbons (Fsp3) is 0.333. The van der Waals surface area contributed by atoms with Gasteiger partial charge in [-0.15, -0.1) is 11.8 Å². The van der Waals surface area contributed by atoms with Crippen molar-refractivity contribution < 1.29 is 9.59 Å². The smallest absolute Gasteiger partial charge is 0.243 e. The lowest BCUT2D eigenvalue weighted by Crippen LogP contribution is -2.52. The topological polar surface area (TPSA) is 49.4 Å². The number of carbonyl (C=O) groups excluding carboxylic acids is 2. The average Bonchev–Trinajstić information content (AvgIpc) is 2.88. The summed E-state index contributed by atoms with van der Waals surface area (Å²) in [4.78, 5) is 30.0. The van der Waals surface area contributed by atoms with Crippen molar-refractivity contribution >= 4 is 35.2 Å². The van der Waals surface area contributed by atoms with Crippen LogP contribution in [0.4, 0.5) is 0 Å². The van der Waals surface area contributed by atoms with Crippen LogP contribution in [0.1, 0.15) is 43.4 Å². The van der Waals surface area contributed by atoms with Gasteiger partial charge in [0.25, 0.3) is 0 Å². The highest BCUT2D eigenvalue weighted by Crippen LogP contribution is 2.22. The first-order chi connectivity index (χ1) is 17.4. The Hall–Kier alpha value is -2.76. The van der Waals surface area contributed by atoms with Gasteiger partial charge in [0.15, 0.2) is 0 Å². The largest absolute Gasteiger partial charge is 0.352 e. The molecule has 0 unspecified atom stereocenters. The van der Waals surface area contributed by atoms with Gasteiger partial charge in [0.1, 0.15) is 6.04 Å². The molecule has 0 saturated carbocycles. The second-order valence-corrected chi connectivity index (χ2v) is 10.7. The number of thioether (sulfide) groups is 1. The number of nitrogens with zero attached hydrogens (tertiary/aromatic N) is 1. The van der Waals surface area contributed by atoms with Gasteiger partial charge in [-0.3, -0.25) is 9.59 Å². The van der Waals surface area contributed by atoms with Crippen molar-refractivity contribution in [1.82, 2.24) is 10.2 Å². The molecule has 4 nitrogen and oxygen atoms in total. The Kier molecular flexibility index (Phi) is 10.9. The van der Waals surface area contributed by atoms with E-state index in [-0.39, 0.29) is 17.9 Å². The van der Waals surface area contributed by atoms with Crippen LogP contribution in [0.2, 0.25) is 5.02 Å². The van der Waals surface area contributed by atoms with Crippen molar-refractivity contribution in [3.63, 3.8) is 0 Å². The fourth-order valence-electron chi connectivity index (χ4n) is 3.82. The summed E-state index contributed by atoms with van der Waals surface area (Å²) < 4.78 is 0. The monoisotopic (exact) mass is 522 g/mol. The van der Waals surface area contributed by atoms with Crippen molar-refractivity contribution in [1.29, 1.82) is 0 Å². The summed E-state index contributed by atoms with van der Waals surface area (Å²) in [6.45, 7) is 6.43. The third kappa shape index (κ3) is 8.72. The molecular weight excluding hydrogens is 488 g/mol. The second kappa shape index (κ2) is 14.1. The van der Waals surface area contributed by atoms with Gasteiger partial charge in [0.05, 0.1) is 0 Å². The maximum atomic E-state index is 13.7. The van der Waals surface area contributed by atoms with E-state index < -0.39 is 6.04 Å². The Morgan fingerprint density at radius 3 is 2.25 bits per heavy atom. The molecule has 0 saturated heterocycles. The molecule has 0 spiro atoms. The Balaban J connectivity index is 1.84. The minimum absolute atomic E-state index is 0.0281. The maximum absolute atomic E-state index is 13.7. The van der Waals surface area contributed by atoms with E-state index in [1.807, 2.05) is 68.4 Å². The molecule has 0 aromatic heterocycles. The van der Waals surface area contributed by atoms with E-state index in [9.17, 15) is 9.59 Å². The molecule has 6 heteroatoms. The van der Waals surface area contributed by atoms with Crippen LogP contribution in [0.25, 0.3) is 0 Å². The molecule has 36 heavy (non-hydrogen) atoms. The van der Waals surface area contributed by atoms with E-state index >= 15 is 0 Å². The lowest BCUT2D eigenvalue weighted by molar-refractivity contribution is -0.141. The fourth-order valence-corrected chi connectivity index (χ4v) is 4.78. The minimum Gasteiger partial charge on any atom is -0.352 e. The number of amides is 2. The molecule has 2 atom stereocenters. The molecule has 0 heterocycles. The number of rotatable bonds is 12. The molecule has 0 aliphatic heterocycles. The normalized spacial score (nSPS) is 12.6. The van der Waals surface area contributed by atoms with Crippen molar-refractivity contribution in [3.8, 4) is 0 Å². The minimum atomic E-state index is -0.617. The summed E-state index contributed by atoms with van der Waals surface area (Å²) in [5.41, 5.74) is 3.17. The Labute approximate surface area is 224 Å². The zero-order chi connectivity index (χ0) is 25.9. The predicted octanol–water partition coefficient (Wildman–Crippen LogP) is 6.69. The molecule has 3 rings (SSSR count). The molecule has 190 valence electrons. The van der Waals surface area contributed by atoms with E-state index in [4.69, 9.17) is 11.6 Å². The van der Waals surface area contributed by atoms with Crippen LogP contribution >= 0.6 is 23.4 Å². The Bertz CT molecular complexity index is 1100. The Morgan fingerprint density at radius 2 is 1.61 bits per heavy atom. The molecule has 0 aliphatic rings. The van der Waals surface area contributed by atoms with Crippen molar-refractivity contribution in [3.05, 3.63) is 101 Å². The third-order valence-corrected chi connectivity index (χ3v) is 7.41. The molecule has 3 aromatic carbocycles. The van der Waals surface area contributed by atoms with Gasteiger partial charge in [-0.25, -0.2) is 0 Å². The Morgan fingerprint density at radius 1 is 0.944 bits per heavy atom. The van der Waals surface area contributed by atoms with Crippen LogP contribution in [0.15, 0.2) is 83.8 Å². The lowest BCUT2D eigenvalue weighted by atomic mass is 10.0. The van der Waals surface area contributed by atoms with Crippen LogP contribution in [0.3, 0.4) is 0 Å². The predicted molar refractivity (Wildman–Crippen MR) is 150 cm³/mol. The number of hydrogen-bond donors (Lipinski definition) is 1. The maximum Gasteiger partial charge on any atom is 0.243 e. The zero-order valence-corrected chi connectivity index (χ0v) is 22.8. The highest BCUT2D eigenvalue weighted by Gasteiger charge is 2.30. The number of benzene rings is 3. The summed E-state index contributed by atoms with van der Waals surface area (Å²) in [6, 6.07) is 25.1. The van der Waals surface area contributed by atoms with E-state index in [1.54, 1.807) is 16.7 Å². The van der Waals surface area contributed by atoms with Crippen LogP contribution < -0.4 is 5.32 Å². The summed E-state index contributed by atoms with van der Waals surface area (Å²) in [6.07, 6.45) is 1.61. The van der Waals surface area contributed by atoms with E-state index in [0.29, 0.717) is 30.2 Å². The van der Waals surface area contributed by atoms with Gasteiger partial charge in [-0.2, -0.15) is 0 Å². The van der Waals surface area contributed by atoms with Crippen LogP contribution in [-0.2, 0) is 22.6 Å². The van der Waals surface area contributed by atoms with E-state index in [2.05, 4.69) is 36.5 Å². The van der Waals surface area contributed by atoms with Crippen LogP contribution in [-0.4, -0.2) is 34.6 Å². The van der Waals surface area contributed by atoms with Gasteiger partial charge in [-0.1, -0.05) is 78.7 Å². The average molecular weight is 523 g/mol. The summed E-state index contributed by atoms with van der Waals surface area (Å²) >= 11 is 7.75. The number of hydrogen-bond acceptors (Lipinski definition) is 3. The first kappa shape index (κ1) is 27.8. The summed E-state index contributed by atoms with van der Waals surface area (Å²) in [5, 5.41) is 3.75. The first-order valence-electron chi connectivity index (χ1n) is 12.4. The summed E-state index contributed by atoms with van der Waals surface area (Å²) in [7, 11) is 0. The van der Waals surface area contributed by atoms with Crippen molar-refractivity contribution in [2.45, 2.75) is 63.6 Å². The lowest BCUT2D eigenvalue weighted by Gasteiger charge is -2.32. The van der Waals surface area contributed by atoms with E-state index in [1.165, 1.54) is 5.56 Å². The molecule has 0 fully saturated rings. The number of carbonyl (C=O) groups is 2. The van der Waals surface area contributed by atoms with Gasteiger partial charge in [-0.05, 0) is 55.7 Å². The van der Waals surface area contributed by atoms with Crippen molar-refractivity contribution in [2.75, 3.05) is 5.75 Å². The zero-order valence-electron chi connectivity index (χ0n) is 21.2. The van der Waals surface area contributed by atoms with Crippen molar-refractivity contribution in [2.24, 2.45) is 0 Å². The van der Waals surface area contributed by atoms with E-state index in [0.717, 1.165) is 22.4 Å². The van der Waals surface area contributed by atoms with Gasteiger partial charge < -0.3 is 10.2 Å². The first-order valence-corrected chi connectivity index (χ1v) is 13.8. The second-order valence-electron chi connectivity index (χ2n) is 9.08. The van der Waals surface area contributed by atoms with Gasteiger partial charge >= 0.3 is 0 Å². The number of nitrogens with one attached hydrogen (secondary N) is 1. The quantitative estimate of drug-likeness (QED) is 0.270. The highest BCUT2D eigenvalue weighted by molar-refractivity contribution is 7.99. The highest BCUT2D eigenvalue weighted by atomic mass is 35.5. The molecule has 0 aliphatic carbocycles. The third-order valence-electron chi connectivity index (χ3n) is 6.14. The molecular formula is C30H35ClN2O2S. The molecule has 3 aromatic rings. The standard InChI is InChI=1S/C30H35ClN2O2S/c1-4-23(3)32-30(35)28(20-24-8-6-5-7-9-24)33(21-25-12-14-26(31)15-13-25)29(34)18-19-36-27-16-10-22(2)11-17-27/h5-17,23,28H,4,18-21H2,1-3H3,(H,32,35)/t23-,28-/m1/s1. The summed E-state index contributed by atoms with van der Waals surface area (Å²) in [5.74, 6) is 0.482. The number of halogens is 1. The molecule has 0 bridgehead atoms. The SMILES string of the molecule is CC[C@@H](C)NC(=O)[C@@H](Cc1ccccc1)N(Cc1ccc(Cl)cc1)C(=O)CCSc1ccc(C)cc1. The molecule has 1 N–H and O–H groups in total. The molecule has 0 radical (unpaired) electrons. The van der Waals surface area contributed by atoms with Crippen LogP contribution in [0.5, 0.6) is 0 Å². The number of aryl methyl sites for hydroxylation is 1. The molecule has 2 amide bonds. The van der Waals surface area contributed by atoms with Gasteiger partial charge in [0.2, 0.25) is 11.8 Å². The van der Waals surface area contributed by atoms with Crippen LogP contribution in [0, 0.1) is 6.92 Å².